The summed E-state index contributed by atoms with van der Waals surface area (Å²) in [6.45, 7) is 50.9. The Morgan fingerprint density at radius 2 is 0.314 bits per heavy atom. The molecule has 4 atom stereocenters. The second-order valence-electron chi connectivity index (χ2n) is 41.0. The van der Waals surface area contributed by atoms with E-state index in [0.29, 0.717) is 0 Å². The van der Waals surface area contributed by atoms with Crippen molar-refractivity contribution in [2.24, 2.45) is 0 Å². The minimum absolute atomic E-state index is 0.0250. The van der Waals surface area contributed by atoms with Crippen molar-refractivity contribution in [3.05, 3.63) is 471 Å². The maximum Gasteiger partial charge on any atom is 0.0340 e. The summed E-state index contributed by atoms with van der Waals surface area (Å²) in [5.41, 5.74) is 40.3. The largest absolute Gasteiger partial charge is 0.0590 e. The molecule has 0 N–H and O–H groups in total. The Bertz CT molecular complexity index is 5550. The minimum Gasteiger partial charge on any atom is -0.0590 e. The normalized spacial score (nSPS) is 16.0. The lowest BCUT2D eigenvalue weighted by Gasteiger charge is -2.30. The zero-order valence-electron chi connectivity index (χ0n) is 74.5. The third kappa shape index (κ3) is 17.8. The summed E-state index contributed by atoms with van der Waals surface area (Å²) < 4.78 is 0. The highest BCUT2D eigenvalue weighted by molar-refractivity contribution is 5.72. The average Bonchev–Trinajstić information content (AvgIpc) is 0.748. The molecule has 0 heterocycles. The second-order valence-corrected chi connectivity index (χ2v) is 41.0. The quantitative estimate of drug-likeness (QED) is 0.107. The van der Waals surface area contributed by atoms with E-state index >= 15 is 0 Å². The van der Waals surface area contributed by atoms with Gasteiger partial charge in [-0.1, -0.05) is 462 Å². The first-order valence-electron chi connectivity index (χ1n) is 43.3. The number of hydrogen-bond acceptors (Lipinski definition) is 0. The van der Waals surface area contributed by atoms with Crippen molar-refractivity contribution in [1.82, 2.24) is 0 Å². The van der Waals surface area contributed by atoms with E-state index in [2.05, 4.69) is 468 Å². The molecule has 0 fully saturated rings. The number of hydrogen-bond donors (Lipinski definition) is 0. The Labute approximate surface area is 709 Å². The van der Waals surface area contributed by atoms with Crippen molar-refractivity contribution in [2.75, 3.05) is 0 Å². The van der Waals surface area contributed by atoms with E-state index in [-0.39, 0.29) is 68.0 Å². The lowest BCUT2D eigenvalue weighted by Crippen LogP contribution is -2.14. The molecule has 0 aromatic heterocycles. The molecular weight excluding hydrogens is 1420 g/mol. The molecule has 0 amide bonds. The third-order valence-corrected chi connectivity index (χ3v) is 25.5. The van der Waals surface area contributed by atoms with Gasteiger partial charge in [0, 0.05) is 35.5 Å². The lowest BCUT2D eigenvalue weighted by molar-refractivity contribution is 0.589. The molecule has 118 heavy (non-hydrogen) atoms. The lowest BCUT2D eigenvalue weighted by atomic mass is 9.74. The van der Waals surface area contributed by atoms with Crippen LogP contribution >= 0.6 is 0 Å². The highest BCUT2D eigenvalue weighted by Crippen LogP contribution is 2.49. The third-order valence-electron chi connectivity index (χ3n) is 25.5. The summed E-state index contributed by atoms with van der Waals surface area (Å²) in [5, 5.41) is 0. The van der Waals surface area contributed by atoms with Gasteiger partial charge < -0.3 is 0 Å². The minimum atomic E-state index is -0.240. The van der Waals surface area contributed by atoms with Crippen LogP contribution in [-0.2, 0) is 32.5 Å². The maximum absolute atomic E-state index is 2.63. The molecule has 14 aromatic rings. The molecule has 0 heteroatoms. The Morgan fingerprint density at radius 3 is 0.500 bits per heavy atom. The summed E-state index contributed by atoms with van der Waals surface area (Å²) in [5.74, 6) is -0.662. The topological polar surface area (TPSA) is 0 Å². The van der Waals surface area contributed by atoms with Gasteiger partial charge in [-0.2, -0.15) is 0 Å². The Kier molecular flexibility index (Phi) is 22.3. The van der Waals surface area contributed by atoms with Gasteiger partial charge in [-0.3, -0.25) is 0 Å². The predicted octanol–water partition coefficient (Wildman–Crippen LogP) is 31.4. The van der Waals surface area contributed by atoms with Crippen LogP contribution < -0.4 is 0 Å². The monoisotopic (exact) mass is 1540 g/mol. The van der Waals surface area contributed by atoms with Crippen LogP contribution in [0.1, 0.15) is 316 Å². The van der Waals surface area contributed by atoms with E-state index in [1.807, 2.05) is 0 Å². The fourth-order valence-electron chi connectivity index (χ4n) is 18.5. The number of fused-ring (bicyclic) bond motifs is 8. The molecule has 15 rings (SSSR count). The van der Waals surface area contributed by atoms with Crippen LogP contribution in [0.4, 0.5) is 0 Å². The van der Waals surface area contributed by atoms with E-state index in [1.165, 1.54) is 178 Å². The number of rotatable bonds is 12. The van der Waals surface area contributed by atoms with Crippen molar-refractivity contribution < 1.29 is 0 Å². The molecule has 0 saturated carbocycles. The SMILES string of the molecule is Cc1ccc(C(c2ccc(-c3cc4cc(c3)C(c3ccc(C(C)(C)C)cc3)c3cc(-c5ccc(C(c6ccc(C)cc6)c6ccc(C(C)(C)C)cc6)cc5)cc(c3)C(c3ccc(C(C)(C)C)cc3)c3cc(C)cc(c3)C(c3ccc(C(C)(C)C)cc3)c3cc(C)cc(c3)C4c3ccc(C(C)(C)C)cc3)cc2)c2ccc(C(C)(C)C)cc2)cc1. The van der Waals surface area contributed by atoms with E-state index in [1.54, 1.807) is 0 Å². The van der Waals surface area contributed by atoms with Crippen LogP contribution in [0.3, 0.4) is 0 Å². The van der Waals surface area contributed by atoms with Crippen LogP contribution in [0, 0.1) is 27.7 Å². The van der Waals surface area contributed by atoms with E-state index < -0.39 is 0 Å². The smallest absolute Gasteiger partial charge is 0.0340 e. The van der Waals surface area contributed by atoms with Crippen LogP contribution in [0.25, 0.3) is 22.3 Å². The number of benzene rings is 14. The first-order valence-corrected chi connectivity index (χ1v) is 43.3. The van der Waals surface area contributed by atoms with Crippen LogP contribution in [0.15, 0.2) is 315 Å². The van der Waals surface area contributed by atoms with Gasteiger partial charge in [0.15, 0.2) is 0 Å². The predicted molar refractivity (Wildman–Crippen MR) is 505 cm³/mol. The van der Waals surface area contributed by atoms with Crippen molar-refractivity contribution >= 4 is 0 Å². The van der Waals surface area contributed by atoms with Crippen LogP contribution in [-0.4, -0.2) is 0 Å². The standard InChI is InChI=1S/C118H124/c1-75-23-27-81(28-24-75)107(85-39-51-101(52-40-85)113(5,6)7)83-35-31-79(32-36-83)91-67-97-73-99(69-91)112(90-49-61-106(62-50-90)118(20,21)22)100-70-92(80-33-37-84(38-34-80)108(82-29-25-76(2)26-30-82)86-41-53-102(54-42-86)114(8,9)10)68-98(74-100)111(89-47-59-105(60-48-89)117(17,18)19)96-66-78(4)64-94(72-96)109(87-43-55-103(56-44-87)115(11,12)13)93-63-77(3)65-95(71-93)110(97)88-45-57-104(58-46-88)116(14,15)16/h23-74,107-112H,1-22H3. The second kappa shape index (κ2) is 32.1. The Balaban J connectivity index is 1.04. The summed E-state index contributed by atoms with van der Waals surface area (Å²) in [4.78, 5) is 0. The highest BCUT2D eigenvalue weighted by Gasteiger charge is 2.33. The van der Waals surface area contributed by atoms with Gasteiger partial charge in [0.05, 0.1) is 0 Å². The summed E-state index contributed by atoms with van der Waals surface area (Å²) in [6.07, 6.45) is 0. The average molecular weight is 1540 g/mol. The van der Waals surface area contributed by atoms with Gasteiger partial charge in [0.25, 0.3) is 0 Å². The van der Waals surface area contributed by atoms with Gasteiger partial charge in [0.2, 0.25) is 0 Å². The molecule has 8 bridgehead atoms. The van der Waals surface area contributed by atoms with E-state index in [9.17, 15) is 0 Å². The van der Waals surface area contributed by atoms with E-state index in [4.69, 9.17) is 0 Å². The van der Waals surface area contributed by atoms with Gasteiger partial charge in [-0.15, -0.1) is 0 Å². The fraction of sp³-hybridized carbons (Fsp3) is 0.288. The molecule has 1 aliphatic rings. The molecular formula is C118H124. The van der Waals surface area contributed by atoms with Crippen molar-refractivity contribution in [2.45, 2.75) is 220 Å². The van der Waals surface area contributed by atoms with Crippen LogP contribution in [0.5, 0.6) is 0 Å². The zero-order chi connectivity index (χ0) is 83.7. The Hall–Kier alpha value is -10.9. The molecule has 0 saturated heterocycles. The molecule has 596 valence electrons. The van der Waals surface area contributed by atoms with Gasteiger partial charge >= 0.3 is 0 Å². The van der Waals surface area contributed by atoms with E-state index in [0.717, 1.165) is 0 Å². The summed E-state index contributed by atoms with van der Waals surface area (Å²) in [6, 6.07) is 126. The highest BCUT2D eigenvalue weighted by atomic mass is 14.4. The molecule has 1 aliphatic carbocycles. The molecule has 0 radical (unpaired) electrons. The van der Waals surface area contributed by atoms with Gasteiger partial charge in [0.1, 0.15) is 0 Å². The van der Waals surface area contributed by atoms with Gasteiger partial charge in [-0.05, 0) is 216 Å². The maximum atomic E-state index is 2.63. The summed E-state index contributed by atoms with van der Waals surface area (Å²) >= 11 is 0. The van der Waals surface area contributed by atoms with Crippen molar-refractivity contribution in [1.29, 1.82) is 0 Å². The Morgan fingerprint density at radius 1 is 0.153 bits per heavy atom. The fourth-order valence-corrected chi connectivity index (χ4v) is 18.5. The molecule has 0 nitrogen and oxygen atoms in total. The summed E-state index contributed by atoms with van der Waals surface area (Å²) in [7, 11) is 0. The zero-order valence-corrected chi connectivity index (χ0v) is 74.5. The van der Waals surface area contributed by atoms with Gasteiger partial charge in [-0.25, -0.2) is 0 Å². The number of aryl methyl sites for hydroxylation is 4. The first-order chi connectivity index (χ1) is 55.8. The molecule has 0 aliphatic heterocycles. The van der Waals surface area contributed by atoms with Crippen molar-refractivity contribution in [3.8, 4) is 22.3 Å². The van der Waals surface area contributed by atoms with Crippen LogP contribution in [0.2, 0.25) is 0 Å². The molecule has 0 spiro atoms. The first kappa shape index (κ1) is 82.2. The molecule has 14 aromatic carbocycles. The van der Waals surface area contributed by atoms with Crippen molar-refractivity contribution in [3.63, 3.8) is 0 Å². The molecule has 4 unspecified atom stereocenters.